The van der Waals surface area contributed by atoms with E-state index in [0.29, 0.717) is 5.15 Å². The maximum absolute atomic E-state index is 6.13. The molecule has 90 valence electrons. The standard InChI is InChI=1S/C12H12ClNO2S/c1-7-8(4-5-15-2)10-9(16-3)6-17-11(10)12(13)14-7/h4-6H,1-3H3. The van der Waals surface area contributed by atoms with Gasteiger partial charge in [-0.15, -0.1) is 11.3 Å². The number of pyridine rings is 1. The first-order valence-electron chi connectivity index (χ1n) is 4.99. The van der Waals surface area contributed by atoms with Crippen molar-refractivity contribution >= 4 is 39.1 Å². The van der Waals surface area contributed by atoms with Crippen LogP contribution in [0.1, 0.15) is 11.3 Å². The first-order valence-corrected chi connectivity index (χ1v) is 6.25. The highest BCUT2D eigenvalue weighted by molar-refractivity contribution is 7.18. The van der Waals surface area contributed by atoms with Crippen molar-refractivity contribution in [1.82, 2.24) is 4.98 Å². The summed E-state index contributed by atoms with van der Waals surface area (Å²) in [5.74, 6) is 0.813. The van der Waals surface area contributed by atoms with Crippen LogP contribution in [0, 0.1) is 6.92 Å². The van der Waals surface area contributed by atoms with Crippen molar-refractivity contribution < 1.29 is 9.47 Å². The van der Waals surface area contributed by atoms with E-state index in [2.05, 4.69) is 4.98 Å². The lowest BCUT2D eigenvalue weighted by Gasteiger charge is -2.06. The summed E-state index contributed by atoms with van der Waals surface area (Å²) >= 11 is 7.65. The molecule has 0 radical (unpaired) electrons. The highest BCUT2D eigenvalue weighted by Crippen LogP contribution is 2.39. The number of fused-ring (bicyclic) bond motifs is 1. The third-order valence-electron chi connectivity index (χ3n) is 2.46. The molecule has 0 fully saturated rings. The van der Waals surface area contributed by atoms with Gasteiger partial charge in [0, 0.05) is 22.0 Å². The van der Waals surface area contributed by atoms with Crippen molar-refractivity contribution in [2.45, 2.75) is 6.92 Å². The van der Waals surface area contributed by atoms with Gasteiger partial charge >= 0.3 is 0 Å². The van der Waals surface area contributed by atoms with E-state index < -0.39 is 0 Å². The molecule has 0 atom stereocenters. The highest BCUT2D eigenvalue weighted by atomic mass is 35.5. The van der Waals surface area contributed by atoms with Gasteiger partial charge in [0.15, 0.2) is 0 Å². The fourth-order valence-electron chi connectivity index (χ4n) is 1.68. The average Bonchev–Trinajstić information content (AvgIpc) is 2.73. The molecule has 0 unspecified atom stereocenters. The summed E-state index contributed by atoms with van der Waals surface area (Å²) in [7, 11) is 3.26. The smallest absolute Gasteiger partial charge is 0.147 e. The molecule has 0 aliphatic carbocycles. The number of rotatable bonds is 3. The Bertz CT molecular complexity index is 577. The lowest BCUT2D eigenvalue weighted by molar-refractivity contribution is 0.341. The zero-order chi connectivity index (χ0) is 12.4. The lowest BCUT2D eigenvalue weighted by atomic mass is 10.1. The molecule has 5 heteroatoms. The van der Waals surface area contributed by atoms with Crippen molar-refractivity contribution in [1.29, 1.82) is 0 Å². The predicted molar refractivity (Wildman–Crippen MR) is 72.0 cm³/mol. The minimum Gasteiger partial charge on any atom is -0.504 e. The molecule has 3 nitrogen and oxygen atoms in total. The molecule has 2 heterocycles. The zero-order valence-electron chi connectivity index (χ0n) is 9.78. The van der Waals surface area contributed by atoms with E-state index in [1.165, 1.54) is 11.3 Å². The van der Waals surface area contributed by atoms with Crippen LogP contribution in [-0.2, 0) is 4.74 Å². The molecule has 0 aliphatic heterocycles. The number of thiophene rings is 1. The number of hydrogen-bond donors (Lipinski definition) is 0. The number of aromatic nitrogens is 1. The second-order valence-electron chi connectivity index (χ2n) is 3.45. The van der Waals surface area contributed by atoms with Crippen LogP contribution in [-0.4, -0.2) is 19.2 Å². The van der Waals surface area contributed by atoms with Crippen molar-refractivity contribution in [2.24, 2.45) is 0 Å². The van der Waals surface area contributed by atoms with Gasteiger partial charge in [0.1, 0.15) is 10.9 Å². The fourth-order valence-corrected chi connectivity index (χ4v) is 2.94. The van der Waals surface area contributed by atoms with Crippen LogP contribution in [0.15, 0.2) is 11.6 Å². The Hall–Kier alpha value is -1.26. The molecule has 0 spiro atoms. The number of halogens is 1. The van der Waals surface area contributed by atoms with E-state index in [9.17, 15) is 0 Å². The second kappa shape index (κ2) is 4.94. The third kappa shape index (κ3) is 2.10. The van der Waals surface area contributed by atoms with Gasteiger partial charge < -0.3 is 9.47 Å². The van der Waals surface area contributed by atoms with Crippen LogP contribution in [0.2, 0.25) is 5.15 Å². The van der Waals surface area contributed by atoms with Gasteiger partial charge in [-0.1, -0.05) is 11.6 Å². The molecule has 17 heavy (non-hydrogen) atoms. The summed E-state index contributed by atoms with van der Waals surface area (Å²) in [6.07, 6.45) is 3.49. The van der Waals surface area contributed by atoms with Crippen LogP contribution in [0.5, 0.6) is 5.75 Å². The monoisotopic (exact) mass is 269 g/mol. The fraction of sp³-hybridized carbons (Fsp3) is 0.250. The van der Waals surface area contributed by atoms with Crippen LogP contribution >= 0.6 is 22.9 Å². The second-order valence-corrected chi connectivity index (χ2v) is 4.69. The van der Waals surface area contributed by atoms with E-state index in [0.717, 1.165) is 27.1 Å². The molecule has 0 amide bonds. The van der Waals surface area contributed by atoms with E-state index in [4.69, 9.17) is 21.1 Å². The summed E-state index contributed by atoms with van der Waals surface area (Å²) < 4.78 is 11.2. The average molecular weight is 270 g/mol. The van der Waals surface area contributed by atoms with Crippen molar-refractivity contribution in [3.8, 4) is 5.75 Å². The van der Waals surface area contributed by atoms with Crippen LogP contribution in [0.4, 0.5) is 0 Å². The first-order chi connectivity index (χ1) is 8.19. The number of hydrogen-bond acceptors (Lipinski definition) is 4. The molecule has 2 rings (SSSR count). The normalized spacial score (nSPS) is 11.3. The third-order valence-corrected chi connectivity index (χ3v) is 3.81. The molecule has 0 N–H and O–H groups in total. The molecule has 0 aliphatic rings. The number of nitrogens with zero attached hydrogens (tertiary/aromatic N) is 1. The van der Waals surface area contributed by atoms with Gasteiger partial charge in [0.2, 0.25) is 0 Å². The van der Waals surface area contributed by atoms with E-state index in [-0.39, 0.29) is 0 Å². The predicted octanol–water partition coefficient (Wildman–Crippen LogP) is 3.88. The van der Waals surface area contributed by atoms with Gasteiger partial charge in [-0.2, -0.15) is 0 Å². The maximum Gasteiger partial charge on any atom is 0.147 e. The Morgan fingerprint density at radius 2 is 2.18 bits per heavy atom. The van der Waals surface area contributed by atoms with Crippen molar-refractivity contribution in [2.75, 3.05) is 14.2 Å². The minimum atomic E-state index is 0.514. The summed E-state index contributed by atoms with van der Waals surface area (Å²) in [4.78, 5) is 4.32. The van der Waals surface area contributed by atoms with Gasteiger partial charge in [-0.25, -0.2) is 4.98 Å². The van der Waals surface area contributed by atoms with Gasteiger partial charge in [0.25, 0.3) is 0 Å². The van der Waals surface area contributed by atoms with Crippen LogP contribution in [0.25, 0.3) is 16.2 Å². The maximum atomic E-state index is 6.13. The van der Waals surface area contributed by atoms with Crippen molar-refractivity contribution in [3.05, 3.63) is 28.1 Å². The van der Waals surface area contributed by atoms with Crippen LogP contribution < -0.4 is 4.74 Å². The van der Waals surface area contributed by atoms with E-state index >= 15 is 0 Å². The summed E-state index contributed by atoms with van der Waals surface area (Å²) in [5.41, 5.74) is 1.83. The zero-order valence-corrected chi connectivity index (χ0v) is 11.4. The number of methoxy groups -OCH3 is 2. The molecular weight excluding hydrogens is 258 g/mol. The van der Waals surface area contributed by atoms with E-state index in [1.807, 2.05) is 18.4 Å². The van der Waals surface area contributed by atoms with Gasteiger partial charge in [-0.05, 0) is 13.0 Å². The summed E-state index contributed by atoms with van der Waals surface area (Å²) in [6, 6.07) is 0. The summed E-state index contributed by atoms with van der Waals surface area (Å²) in [6.45, 7) is 1.91. The minimum absolute atomic E-state index is 0.514. The van der Waals surface area contributed by atoms with Gasteiger partial charge in [0.05, 0.1) is 25.2 Å². The largest absolute Gasteiger partial charge is 0.504 e. The van der Waals surface area contributed by atoms with E-state index in [1.54, 1.807) is 20.5 Å². The van der Waals surface area contributed by atoms with Gasteiger partial charge in [-0.3, -0.25) is 0 Å². The number of aryl methyl sites for hydroxylation is 1. The first kappa shape index (κ1) is 12.2. The molecule has 0 aromatic carbocycles. The SMILES string of the molecule is COC=Cc1c(C)nc(Cl)c2scc(OC)c12. The molecule has 2 aromatic rings. The molecule has 0 bridgehead atoms. The molecule has 0 saturated carbocycles. The Morgan fingerprint density at radius 3 is 2.82 bits per heavy atom. The Labute approximate surface area is 109 Å². The van der Waals surface area contributed by atoms with Crippen molar-refractivity contribution in [3.63, 3.8) is 0 Å². The Balaban J connectivity index is 2.78. The quantitative estimate of drug-likeness (QED) is 0.626. The Kier molecular flexibility index (Phi) is 3.54. The number of ether oxygens (including phenoxy) is 2. The highest BCUT2D eigenvalue weighted by Gasteiger charge is 2.14. The lowest BCUT2D eigenvalue weighted by Crippen LogP contribution is -1.91. The summed E-state index contributed by atoms with van der Waals surface area (Å²) in [5, 5.41) is 3.44. The molecule has 2 aromatic heterocycles. The molecule has 0 saturated heterocycles. The molecular formula is C12H12ClNO2S. The van der Waals surface area contributed by atoms with Crippen LogP contribution in [0.3, 0.4) is 0 Å². The Morgan fingerprint density at radius 1 is 1.41 bits per heavy atom. The topological polar surface area (TPSA) is 31.4 Å².